The molecular formula is C53H32N4O. The summed E-state index contributed by atoms with van der Waals surface area (Å²) in [5.41, 5.74) is 10.0. The molecule has 0 aliphatic rings. The first-order chi connectivity index (χ1) is 28.7. The van der Waals surface area contributed by atoms with Gasteiger partial charge >= 0.3 is 0 Å². The molecule has 12 rings (SSSR count). The van der Waals surface area contributed by atoms with Crippen LogP contribution in [0.1, 0.15) is 0 Å². The minimum absolute atomic E-state index is 0.597. The van der Waals surface area contributed by atoms with Crippen LogP contribution in [0, 0.1) is 0 Å². The molecule has 0 spiro atoms. The fourth-order valence-electron chi connectivity index (χ4n) is 8.73. The van der Waals surface area contributed by atoms with Gasteiger partial charge in [0.25, 0.3) is 0 Å². The average Bonchev–Trinajstić information content (AvgIpc) is 3.83. The molecule has 0 bridgehead atoms. The lowest BCUT2D eigenvalue weighted by Gasteiger charge is -2.20. The highest BCUT2D eigenvalue weighted by Gasteiger charge is 2.23. The van der Waals surface area contributed by atoms with Gasteiger partial charge in [0.2, 0.25) is 0 Å². The predicted octanol–water partition coefficient (Wildman–Crippen LogP) is 13.8. The molecule has 5 heteroatoms. The summed E-state index contributed by atoms with van der Waals surface area (Å²) in [4.78, 5) is 15.7. The predicted molar refractivity (Wildman–Crippen MR) is 238 cm³/mol. The van der Waals surface area contributed by atoms with Crippen molar-refractivity contribution in [3.05, 3.63) is 194 Å². The number of aromatic nitrogens is 4. The Morgan fingerprint density at radius 1 is 0.328 bits per heavy atom. The summed E-state index contributed by atoms with van der Waals surface area (Å²) in [6.45, 7) is 0. The van der Waals surface area contributed by atoms with Gasteiger partial charge in [0, 0.05) is 49.2 Å². The van der Waals surface area contributed by atoms with E-state index in [1.165, 1.54) is 21.5 Å². The number of rotatable bonds is 5. The van der Waals surface area contributed by atoms with E-state index < -0.39 is 0 Å². The van der Waals surface area contributed by atoms with E-state index in [9.17, 15) is 0 Å². The summed E-state index contributed by atoms with van der Waals surface area (Å²) in [6, 6.07) is 68.2. The van der Waals surface area contributed by atoms with Crippen molar-refractivity contribution in [3.63, 3.8) is 0 Å². The number of hydrogen-bond acceptors (Lipinski definition) is 4. The molecule has 58 heavy (non-hydrogen) atoms. The Labute approximate surface area is 333 Å². The summed E-state index contributed by atoms with van der Waals surface area (Å²) in [5, 5.41) is 9.10. The second-order valence-electron chi connectivity index (χ2n) is 14.8. The Hall–Kier alpha value is -7.89. The van der Waals surface area contributed by atoms with Crippen LogP contribution >= 0.6 is 0 Å². The maximum Gasteiger partial charge on any atom is 0.164 e. The van der Waals surface area contributed by atoms with E-state index in [4.69, 9.17) is 19.4 Å². The van der Waals surface area contributed by atoms with Gasteiger partial charge in [0.15, 0.2) is 17.5 Å². The number of benzene rings is 9. The van der Waals surface area contributed by atoms with E-state index in [1.54, 1.807) is 0 Å². The lowest BCUT2D eigenvalue weighted by atomic mass is 9.93. The molecule has 3 aromatic heterocycles. The third-order valence-corrected chi connectivity index (χ3v) is 11.4. The molecule has 3 heterocycles. The monoisotopic (exact) mass is 740 g/mol. The van der Waals surface area contributed by atoms with Gasteiger partial charge in [-0.15, -0.1) is 0 Å². The number of furan rings is 1. The van der Waals surface area contributed by atoms with Crippen LogP contribution in [0.3, 0.4) is 0 Å². The highest BCUT2D eigenvalue weighted by Crippen LogP contribution is 2.44. The normalized spacial score (nSPS) is 11.8. The van der Waals surface area contributed by atoms with Crippen LogP contribution in [0.2, 0.25) is 0 Å². The van der Waals surface area contributed by atoms with Crippen LogP contribution in [0.5, 0.6) is 0 Å². The van der Waals surface area contributed by atoms with Crippen LogP contribution in [0.15, 0.2) is 199 Å². The Morgan fingerprint density at radius 3 is 1.71 bits per heavy atom. The zero-order valence-corrected chi connectivity index (χ0v) is 31.2. The maximum atomic E-state index is 6.19. The van der Waals surface area contributed by atoms with Gasteiger partial charge in [0.1, 0.15) is 11.2 Å². The van der Waals surface area contributed by atoms with Crippen LogP contribution < -0.4 is 0 Å². The second-order valence-corrected chi connectivity index (χ2v) is 14.8. The first-order valence-corrected chi connectivity index (χ1v) is 19.5. The van der Waals surface area contributed by atoms with Crippen LogP contribution in [-0.2, 0) is 0 Å². The highest BCUT2D eigenvalue weighted by molar-refractivity contribution is 6.16. The molecule has 0 fully saturated rings. The molecule has 0 amide bonds. The molecule has 270 valence electrons. The van der Waals surface area contributed by atoms with Crippen molar-refractivity contribution in [2.45, 2.75) is 0 Å². The molecule has 0 saturated heterocycles. The molecular weight excluding hydrogens is 709 g/mol. The van der Waals surface area contributed by atoms with E-state index in [0.29, 0.717) is 17.5 Å². The summed E-state index contributed by atoms with van der Waals surface area (Å²) in [6.07, 6.45) is 0. The first kappa shape index (κ1) is 32.4. The zero-order valence-electron chi connectivity index (χ0n) is 31.2. The molecule has 0 atom stereocenters. The third kappa shape index (κ3) is 5.07. The Morgan fingerprint density at radius 2 is 0.914 bits per heavy atom. The Bertz CT molecular complexity index is 3570. The second kappa shape index (κ2) is 12.8. The molecule has 0 N–H and O–H groups in total. The largest absolute Gasteiger partial charge is 0.456 e. The van der Waals surface area contributed by atoms with E-state index in [1.807, 2.05) is 48.5 Å². The number of nitrogens with zero attached hydrogens (tertiary/aromatic N) is 4. The fourth-order valence-corrected chi connectivity index (χ4v) is 8.73. The van der Waals surface area contributed by atoms with E-state index in [2.05, 4.69) is 150 Å². The van der Waals surface area contributed by atoms with Gasteiger partial charge in [0.05, 0.1) is 16.7 Å². The first-order valence-electron chi connectivity index (χ1n) is 19.5. The molecule has 12 aromatic rings. The van der Waals surface area contributed by atoms with Gasteiger partial charge in [-0.3, -0.25) is 0 Å². The van der Waals surface area contributed by atoms with E-state index in [-0.39, 0.29) is 0 Å². The van der Waals surface area contributed by atoms with Crippen LogP contribution in [0.25, 0.3) is 116 Å². The number of fused-ring (bicyclic) bond motifs is 8. The number of para-hydroxylation sites is 2. The molecule has 0 aliphatic carbocycles. The van der Waals surface area contributed by atoms with Crippen molar-refractivity contribution in [3.8, 4) is 51.0 Å². The molecule has 5 nitrogen and oxygen atoms in total. The minimum Gasteiger partial charge on any atom is -0.456 e. The summed E-state index contributed by atoms with van der Waals surface area (Å²) >= 11 is 0. The summed E-state index contributed by atoms with van der Waals surface area (Å²) in [7, 11) is 0. The molecule has 0 unspecified atom stereocenters. The van der Waals surface area contributed by atoms with Crippen LogP contribution in [-0.4, -0.2) is 19.5 Å². The van der Waals surface area contributed by atoms with Gasteiger partial charge < -0.3 is 8.98 Å². The molecule has 0 aliphatic heterocycles. The lowest BCUT2D eigenvalue weighted by molar-refractivity contribution is 0.669. The van der Waals surface area contributed by atoms with Gasteiger partial charge in [-0.2, -0.15) is 0 Å². The lowest BCUT2D eigenvalue weighted by Crippen LogP contribution is -2.03. The van der Waals surface area contributed by atoms with Crippen molar-refractivity contribution in [1.29, 1.82) is 0 Å². The zero-order chi connectivity index (χ0) is 38.2. The quantitative estimate of drug-likeness (QED) is 0.176. The average molecular weight is 741 g/mol. The number of hydrogen-bond donors (Lipinski definition) is 0. The molecule has 9 aromatic carbocycles. The van der Waals surface area contributed by atoms with Crippen molar-refractivity contribution in [2.75, 3.05) is 0 Å². The third-order valence-electron chi connectivity index (χ3n) is 11.4. The van der Waals surface area contributed by atoms with Gasteiger partial charge in [-0.1, -0.05) is 146 Å². The maximum absolute atomic E-state index is 6.19. The highest BCUT2D eigenvalue weighted by atomic mass is 16.3. The Balaban J connectivity index is 1.17. The van der Waals surface area contributed by atoms with Gasteiger partial charge in [-0.25, -0.2) is 15.0 Å². The van der Waals surface area contributed by atoms with Crippen molar-refractivity contribution >= 4 is 65.3 Å². The molecule has 0 saturated carbocycles. The summed E-state index contributed by atoms with van der Waals surface area (Å²) in [5.74, 6) is 1.82. The van der Waals surface area contributed by atoms with E-state index >= 15 is 0 Å². The van der Waals surface area contributed by atoms with Crippen molar-refractivity contribution < 1.29 is 4.42 Å². The van der Waals surface area contributed by atoms with Gasteiger partial charge in [-0.05, 0) is 70.3 Å². The smallest absolute Gasteiger partial charge is 0.164 e. The standard InChI is InChI=1S/C53H32N4O/c1-3-15-33(16-4-1)42-32-45(38-21-9-10-24-41(38)50(42)57-46-25-13-11-22-39(46)43-29-35-19-7-8-20-36(35)31-47(43)57)53-55-51(34-17-5-2-6-18-34)54-52(56-53)37-27-28-49-44(30-37)40-23-12-14-26-48(40)58-49/h1-32H. The van der Waals surface area contributed by atoms with E-state index in [0.717, 1.165) is 77.2 Å². The Kier molecular flexibility index (Phi) is 7.16. The minimum atomic E-state index is 0.597. The molecule has 0 radical (unpaired) electrons. The fraction of sp³-hybridized carbons (Fsp3) is 0. The van der Waals surface area contributed by atoms with Crippen LogP contribution in [0.4, 0.5) is 0 Å². The topological polar surface area (TPSA) is 56.7 Å². The SMILES string of the molecule is c1ccc(-c2nc(-c3ccc4oc5ccccc5c4c3)nc(-c3cc(-c4ccccc4)c(-n4c5ccccc5c5cc6ccccc6cc54)c4ccccc34)n2)cc1. The van der Waals surface area contributed by atoms with Crippen molar-refractivity contribution in [2.24, 2.45) is 0 Å². The van der Waals surface area contributed by atoms with Crippen molar-refractivity contribution in [1.82, 2.24) is 19.5 Å². The summed E-state index contributed by atoms with van der Waals surface area (Å²) < 4.78 is 8.66.